The lowest BCUT2D eigenvalue weighted by molar-refractivity contribution is -0.137. The number of alkyl halides is 3. The highest BCUT2D eigenvalue weighted by Crippen LogP contribution is 2.30. The number of ether oxygens (including phenoxy) is 1. The Labute approximate surface area is 188 Å². The van der Waals surface area contributed by atoms with Crippen LogP contribution >= 0.6 is 0 Å². The van der Waals surface area contributed by atoms with Crippen molar-refractivity contribution in [3.63, 3.8) is 0 Å². The number of rotatable bonds is 5. The zero-order valence-electron chi connectivity index (χ0n) is 17.4. The molecule has 2 aromatic carbocycles. The Morgan fingerprint density at radius 1 is 1.12 bits per heavy atom. The number of halogens is 4. The molecule has 0 radical (unpaired) electrons. The minimum atomic E-state index is -4.45. The van der Waals surface area contributed by atoms with E-state index in [1.54, 1.807) is 11.0 Å². The number of morpholine rings is 1. The van der Waals surface area contributed by atoms with Crippen molar-refractivity contribution in [1.29, 1.82) is 0 Å². The van der Waals surface area contributed by atoms with Crippen LogP contribution in [0, 0.1) is 5.82 Å². The van der Waals surface area contributed by atoms with Gasteiger partial charge in [-0.1, -0.05) is 24.3 Å². The third-order valence-electron chi connectivity index (χ3n) is 5.15. The fourth-order valence-electron chi connectivity index (χ4n) is 3.46. The molecule has 1 aromatic heterocycles. The van der Waals surface area contributed by atoms with Gasteiger partial charge in [0.1, 0.15) is 5.82 Å². The molecule has 0 bridgehead atoms. The standard InChI is InChI=1S/C23H20F4N4O2.H2/c24-19-7-2-1-6-17(19)20-18(21(32)31-8-10-33-11-9-31)14-29-22(30-20)28-13-15-4-3-5-16(12-15)23(25,26)27;/h1-7,12,14H,8-11,13H2,(H,28,29,30);1H. The maximum Gasteiger partial charge on any atom is 0.416 e. The third kappa shape index (κ3) is 5.28. The number of anilines is 1. The van der Waals surface area contributed by atoms with Gasteiger partial charge in [-0.05, 0) is 29.8 Å². The molecule has 0 spiro atoms. The molecule has 0 atom stereocenters. The van der Waals surface area contributed by atoms with Crippen molar-refractivity contribution >= 4 is 11.9 Å². The number of nitrogens with zero attached hydrogens (tertiary/aromatic N) is 3. The zero-order valence-corrected chi connectivity index (χ0v) is 17.4. The molecule has 1 N–H and O–H groups in total. The van der Waals surface area contributed by atoms with Crippen molar-refractivity contribution in [2.45, 2.75) is 12.7 Å². The molecule has 4 rings (SSSR count). The number of amides is 1. The van der Waals surface area contributed by atoms with Crippen LogP contribution < -0.4 is 5.32 Å². The molecule has 1 aliphatic rings. The third-order valence-corrected chi connectivity index (χ3v) is 5.15. The second-order valence-corrected chi connectivity index (χ2v) is 7.39. The van der Waals surface area contributed by atoms with Gasteiger partial charge in [-0.2, -0.15) is 13.2 Å². The van der Waals surface area contributed by atoms with Gasteiger partial charge in [-0.25, -0.2) is 14.4 Å². The van der Waals surface area contributed by atoms with Crippen LogP contribution in [0.15, 0.2) is 54.7 Å². The van der Waals surface area contributed by atoms with Crippen LogP contribution in [-0.4, -0.2) is 47.1 Å². The van der Waals surface area contributed by atoms with E-state index in [9.17, 15) is 22.4 Å². The fourth-order valence-corrected chi connectivity index (χ4v) is 3.46. The molecule has 0 aliphatic carbocycles. The lowest BCUT2D eigenvalue weighted by Gasteiger charge is -2.27. The van der Waals surface area contributed by atoms with E-state index >= 15 is 0 Å². The Hall–Kier alpha value is -3.53. The molecule has 1 saturated heterocycles. The number of nitrogens with one attached hydrogen (secondary N) is 1. The van der Waals surface area contributed by atoms with Crippen LogP contribution in [0.3, 0.4) is 0 Å². The molecule has 10 heteroatoms. The van der Waals surface area contributed by atoms with Crippen molar-refractivity contribution in [3.8, 4) is 11.3 Å². The maximum absolute atomic E-state index is 14.6. The molecule has 1 amide bonds. The molecule has 3 aromatic rings. The van der Waals surface area contributed by atoms with Crippen molar-refractivity contribution in [3.05, 3.63) is 77.2 Å². The monoisotopic (exact) mass is 462 g/mol. The Balaban J connectivity index is 0.00000324. The highest BCUT2D eigenvalue weighted by molar-refractivity contribution is 6.00. The largest absolute Gasteiger partial charge is 0.416 e. The van der Waals surface area contributed by atoms with Gasteiger partial charge >= 0.3 is 6.18 Å². The van der Waals surface area contributed by atoms with Crippen molar-refractivity contribution in [2.75, 3.05) is 31.6 Å². The van der Waals surface area contributed by atoms with Crippen molar-refractivity contribution in [2.24, 2.45) is 0 Å². The lowest BCUT2D eigenvalue weighted by Crippen LogP contribution is -2.41. The van der Waals surface area contributed by atoms with Crippen LogP contribution in [0.25, 0.3) is 11.3 Å². The van der Waals surface area contributed by atoms with E-state index in [1.165, 1.54) is 36.5 Å². The minimum absolute atomic E-state index is 0. The van der Waals surface area contributed by atoms with E-state index in [4.69, 9.17) is 4.74 Å². The fraction of sp³-hybridized carbons (Fsp3) is 0.261. The topological polar surface area (TPSA) is 67.4 Å². The molecule has 6 nitrogen and oxygen atoms in total. The second-order valence-electron chi connectivity index (χ2n) is 7.39. The number of benzene rings is 2. The summed E-state index contributed by atoms with van der Waals surface area (Å²) in [6.45, 7) is 1.60. The van der Waals surface area contributed by atoms with Crippen LogP contribution in [0.2, 0.25) is 0 Å². The first-order chi connectivity index (χ1) is 15.8. The Morgan fingerprint density at radius 2 is 1.88 bits per heavy atom. The first-order valence-electron chi connectivity index (χ1n) is 10.2. The van der Waals surface area contributed by atoms with E-state index in [0.29, 0.717) is 31.9 Å². The van der Waals surface area contributed by atoms with Gasteiger partial charge in [0.05, 0.1) is 30.0 Å². The average molecular weight is 462 g/mol. The Kier molecular flexibility index (Phi) is 6.55. The Bertz CT molecular complexity index is 1150. The quantitative estimate of drug-likeness (QED) is 0.560. The summed E-state index contributed by atoms with van der Waals surface area (Å²) in [5, 5.41) is 2.86. The van der Waals surface area contributed by atoms with Crippen LogP contribution in [0.5, 0.6) is 0 Å². The zero-order chi connectivity index (χ0) is 23.4. The van der Waals surface area contributed by atoms with E-state index < -0.39 is 17.6 Å². The van der Waals surface area contributed by atoms with Crippen LogP contribution in [0.4, 0.5) is 23.5 Å². The molecule has 33 heavy (non-hydrogen) atoms. The predicted octanol–water partition coefficient (Wildman–Crippen LogP) is 4.63. The highest BCUT2D eigenvalue weighted by Gasteiger charge is 2.30. The second kappa shape index (κ2) is 9.53. The van der Waals surface area contributed by atoms with E-state index in [2.05, 4.69) is 15.3 Å². The van der Waals surface area contributed by atoms with Gasteiger partial charge < -0.3 is 15.0 Å². The van der Waals surface area contributed by atoms with E-state index in [1.807, 2.05) is 0 Å². The summed E-state index contributed by atoms with van der Waals surface area (Å²) >= 11 is 0. The first-order valence-corrected chi connectivity index (χ1v) is 10.2. The van der Waals surface area contributed by atoms with E-state index in [0.717, 1.165) is 12.1 Å². The number of hydrogen-bond donors (Lipinski definition) is 1. The summed E-state index contributed by atoms with van der Waals surface area (Å²) in [4.78, 5) is 23.1. The molecule has 0 unspecified atom stereocenters. The van der Waals surface area contributed by atoms with Crippen LogP contribution in [0.1, 0.15) is 22.9 Å². The molecular formula is C23H22F4N4O2. The first kappa shape index (κ1) is 22.7. The molecular weight excluding hydrogens is 440 g/mol. The number of carbonyl (C=O) groups is 1. The van der Waals surface area contributed by atoms with Crippen LogP contribution in [-0.2, 0) is 17.5 Å². The summed E-state index contributed by atoms with van der Waals surface area (Å²) in [6, 6.07) is 10.8. The molecule has 1 fully saturated rings. The number of aromatic nitrogens is 2. The van der Waals surface area contributed by atoms with E-state index in [-0.39, 0.29) is 36.6 Å². The molecule has 2 heterocycles. The summed E-state index contributed by atoms with van der Waals surface area (Å²) in [6.07, 6.45) is -3.15. The van der Waals surface area contributed by atoms with Crippen molar-refractivity contribution in [1.82, 2.24) is 14.9 Å². The summed E-state index contributed by atoms with van der Waals surface area (Å²) in [7, 11) is 0. The predicted molar refractivity (Wildman–Crippen MR) is 115 cm³/mol. The van der Waals surface area contributed by atoms with Gasteiger partial charge in [0.15, 0.2) is 0 Å². The normalized spacial score (nSPS) is 14.2. The van der Waals surface area contributed by atoms with Gasteiger partial charge in [0.25, 0.3) is 5.91 Å². The van der Waals surface area contributed by atoms with Gasteiger partial charge in [0, 0.05) is 32.8 Å². The lowest BCUT2D eigenvalue weighted by atomic mass is 10.1. The summed E-state index contributed by atoms with van der Waals surface area (Å²) in [5.74, 6) is -0.846. The van der Waals surface area contributed by atoms with Gasteiger partial charge in [-0.15, -0.1) is 0 Å². The summed E-state index contributed by atoms with van der Waals surface area (Å²) < 4.78 is 58.7. The maximum atomic E-state index is 14.6. The summed E-state index contributed by atoms with van der Waals surface area (Å²) in [5.41, 5.74) is -0.0352. The number of hydrogen-bond acceptors (Lipinski definition) is 5. The number of carbonyl (C=O) groups excluding carboxylic acids is 1. The SMILES string of the molecule is O=C(c1cnc(NCc2cccc(C(F)(F)F)c2)nc1-c1ccccc1F)N1CCOCC1.[HH]. The van der Waals surface area contributed by atoms with Gasteiger partial charge in [0.2, 0.25) is 5.95 Å². The minimum Gasteiger partial charge on any atom is -0.378 e. The Morgan fingerprint density at radius 3 is 2.61 bits per heavy atom. The highest BCUT2D eigenvalue weighted by atomic mass is 19.4. The van der Waals surface area contributed by atoms with Gasteiger partial charge in [-0.3, -0.25) is 4.79 Å². The molecule has 174 valence electrons. The molecule has 1 aliphatic heterocycles. The average Bonchev–Trinajstić information content (AvgIpc) is 2.83. The smallest absolute Gasteiger partial charge is 0.378 e. The molecule has 0 saturated carbocycles. The van der Waals surface area contributed by atoms with Crippen molar-refractivity contribution < 1.29 is 28.5 Å².